The number of hydrogen-bond acceptors (Lipinski definition) is 9. The van der Waals surface area contributed by atoms with E-state index in [-0.39, 0.29) is 94.7 Å². The minimum Gasteiger partial charge on any atom is -0.494 e. The van der Waals surface area contributed by atoms with Gasteiger partial charge in [-0.1, -0.05) is 18.1 Å². The molecule has 1 unspecified atom stereocenters. The Balaban J connectivity index is 0.00000541. The van der Waals surface area contributed by atoms with E-state index in [2.05, 4.69) is 30.1 Å². The third-order valence-corrected chi connectivity index (χ3v) is 7.23. The molecule has 255 valence electrons. The van der Waals surface area contributed by atoms with Crippen molar-refractivity contribution in [1.29, 1.82) is 0 Å². The number of carbonyl (C=O) groups excluding carboxylic acids is 1. The van der Waals surface area contributed by atoms with Gasteiger partial charge in [0.05, 0.1) is 36.7 Å². The summed E-state index contributed by atoms with van der Waals surface area (Å²) in [7, 11) is -4.74. The van der Waals surface area contributed by atoms with Crippen molar-refractivity contribution in [3.63, 3.8) is 0 Å². The molecule has 1 aromatic heterocycles. The number of ether oxygens (including phenoxy) is 1. The second-order valence-electron chi connectivity index (χ2n) is 10.2. The number of amides is 1. The number of nitrogens with one attached hydrogen (secondary N) is 1. The van der Waals surface area contributed by atoms with Gasteiger partial charge in [-0.15, -0.1) is 0 Å². The predicted molar refractivity (Wildman–Crippen MR) is 162 cm³/mol. The van der Waals surface area contributed by atoms with E-state index in [4.69, 9.17) is 19.0 Å². The maximum absolute atomic E-state index is 14.4. The molecule has 0 bridgehead atoms. The number of alkyl halides is 3. The van der Waals surface area contributed by atoms with Crippen LogP contribution in [0.4, 0.5) is 22.0 Å². The summed E-state index contributed by atoms with van der Waals surface area (Å²) in [4.78, 5) is 39.6. The Bertz CT molecular complexity index is 1940. The molecule has 0 saturated heterocycles. The molecule has 2 aliphatic heterocycles. The first-order valence-corrected chi connectivity index (χ1v) is 15.7. The maximum atomic E-state index is 14.4. The summed E-state index contributed by atoms with van der Waals surface area (Å²) in [6.45, 7) is 1.46. The van der Waals surface area contributed by atoms with Crippen LogP contribution in [-0.2, 0) is 20.1 Å². The molecule has 0 spiro atoms. The van der Waals surface area contributed by atoms with Gasteiger partial charge in [0.25, 0.3) is 5.91 Å². The Labute approximate surface area is 296 Å². The third kappa shape index (κ3) is 9.27. The van der Waals surface area contributed by atoms with Crippen LogP contribution in [0.5, 0.6) is 5.75 Å². The molecular weight excluding hydrogens is 693 g/mol. The van der Waals surface area contributed by atoms with Crippen LogP contribution in [0.25, 0.3) is 34.0 Å². The quantitative estimate of drug-likeness (QED) is 0.0646. The molecule has 3 N–H and O–H groups in total. The van der Waals surface area contributed by atoms with Gasteiger partial charge >= 0.3 is 14.0 Å². The van der Waals surface area contributed by atoms with E-state index < -0.39 is 49.8 Å². The summed E-state index contributed by atoms with van der Waals surface area (Å²) in [5.74, 6) is -3.51. The van der Waals surface area contributed by atoms with Crippen molar-refractivity contribution >= 4 is 43.3 Å². The van der Waals surface area contributed by atoms with Crippen LogP contribution in [0.3, 0.4) is 0 Å². The predicted octanol–water partition coefficient (Wildman–Crippen LogP) is 5.01. The van der Waals surface area contributed by atoms with Crippen LogP contribution >= 0.6 is 7.82 Å². The minimum absolute atomic E-state index is 0. The Hall–Kier alpha value is -3.77. The van der Waals surface area contributed by atoms with Crippen molar-refractivity contribution in [1.82, 2.24) is 30.2 Å². The molecule has 0 saturated carbocycles. The number of imidazole rings is 1. The van der Waals surface area contributed by atoms with Gasteiger partial charge in [0, 0.05) is 47.7 Å². The molecule has 5 rings (SSSR count). The number of carbonyl (C=O) groups is 1. The van der Waals surface area contributed by atoms with E-state index in [0.29, 0.717) is 6.42 Å². The summed E-state index contributed by atoms with van der Waals surface area (Å²) >= 11 is 0. The van der Waals surface area contributed by atoms with E-state index in [1.54, 1.807) is 6.92 Å². The van der Waals surface area contributed by atoms with Gasteiger partial charge < -0.3 is 24.4 Å². The number of fused-ring (bicyclic) bond motifs is 1. The fourth-order valence-corrected chi connectivity index (χ4v) is 4.92. The molecule has 1 radical (unpaired) electrons. The number of nitrogens with zero attached hydrogens (tertiary/aromatic N) is 5. The maximum Gasteiger partial charge on any atom is 0.469 e. The van der Waals surface area contributed by atoms with Gasteiger partial charge in [0.2, 0.25) is 0 Å². The van der Waals surface area contributed by atoms with Crippen LogP contribution in [0.1, 0.15) is 37.1 Å². The molecule has 3 heterocycles. The zero-order valence-corrected chi connectivity index (χ0v) is 28.7. The van der Waals surface area contributed by atoms with Crippen molar-refractivity contribution in [2.45, 2.75) is 32.0 Å². The largest absolute Gasteiger partial charge is 0.494 e. The summed E-state index contributed by atoms with van der Waals surface area (Å²) in [5.41, 5.74) is -1.65. The number of phosphoric ester groups is 1. The summed E-state index contributed by atoms with van der Waals surface area (Å²) < 4.78 is 97.6. The van der Waals surface area contributed by atoms with Gasteiger partial charge in [0.1, 0.15) is 22.8 Å². The molecule has 2 aromatic carbocycles. The average molecular weight is 720 g/mol. The van der Waals surface area contributed by atoms with Crippen molar-refractivity contribution in [2.75, 3.05) is 19.8 Å². The minimum atomic E-state index is -4.80. The Kier molecular flexibility index (Phi) is 12.3. The first kappa shape index (κ1) is 38.0. The fraction of sp³-hybridized carbons (Fsp3) is 0.276. The molecule has 2 aliphatic rings. The average Bonchev–Trinajstić information content (AvgIpc) is 3.68. The smallest absolute Gasteiger partial charge is 0.469 e. The van der Waals surface area contributed by atoms with E-state index in [1.165, 1.54) is 30.6 Å². The Morgan fingerprint density at radius 3 is 2.53 bits per heavy atom. The van der Waals surface area contributed by atoms with Gasteiger partial charge in [-0.25, -0.2) is 23.3 Å². The van der Waals surface area contributed by atoms with Crippen LogP contribution < -0.4 is 10.1 Å². The van der Waals surface area contributed by atoms with E-state index >= 15 is 0 Å². The molecular formula is C29H26F5N6NaO7P. The van der Waals surface area contributed by atoms with Crippen LogP contribution in [0, 0.1) is 11.6 Å². The molecule has 1 amide bonds. The van der Waals surface area contributed by atoms with Crippen molar-refractivity contribution in [3.05, 3.63) is 77.8 Å². The molecule has 3 aromatic rings. The molecule has 0 fully saturated rings. The molecule has 0 aliphatic carbocycles. The number of aromatic nitrogens is 5. The first-order chi connectivity index (χ1) is 22.7. The number of phosphoric acid groups is 1. The zero-order valence-electron chi connectivity index (χ0n) is 25.8. The van der Waals surface area contributed by atoms with Gasteiger partial charge in [-0.3, -0.25) is 14.0 Å². The van der Waals surface area contributed by atoms with Gasteiger partial charge in [0.15, 0.2) is 29.3 Å². The fourth-order valence-electron chi connectivity index (χ4n) is 4.56. The number of benzene rings is 2. The Morgan fingerprint density at radius 1 is 1.06 bits per heavy atom. The summed E-state index contributed by atoms with van der Waals surface area (Å²) in [5, 5.41) is 10.5. The zero-order chi connectivity index (χ0) is 34.6. The standard InChI is InChI=1S/C29H26F5N6O7P.Na/c1-2-10-45-16-7-8-17(19(12-16)29(32,33)34)21-13-24(47-39-21)26(28(41)35-9-4-11-46-48(42,43)44)40-15-23-22(14-36-40)37-27(38-23)18-5-3-6-20(30)25(18)31;/h3,5-8,12-15,26H,2,4,9-11H2,1H3,(H,35,41)(H2,42,43,44);. The molecule has 20 heteroatoms. The molecule has 13 nitrogen and oxygen atoms in total. The molecule has 49 heavy (non-hydrogen) atoms. The van der Waals surface area contributed by atoms with Crippen LogP contribution in [-0.4, -0.2) is 89.9 Å². The monoisotopic (exact) mass is 719 g/mol. The second-order valence-corrected chi connectivity index (χ2v) is 11.5. The number of halogens is 5. The normalized spacial score (nSPS) is 12.5. The van der Waals surface area contributed by atoms with E-state index in [1.807, 2.05) is 0 Å². The second kappa shape index (κ2) is 15.8. The van der Waals surface area contributed by atoms with Crippen molar-refractivity contribution in [2.24, 2.45) is 0 Å². The Morgan fingerprint density at radius 2 is 1.82 bits per heavy atom. The summed E-state index contributed by atoms with van der Waals surface area (Å²) in [6.07, 6.45) is -1.82. The third-order valence-electron chi connectivity index (χ3n) is 6.71. The molecule has 1 atom stereocenters. The summed E-state index contributed by atoms with van der Waals surface area (Å²) in [6, 6.07) is 6.43. The number of rotatable bonds is 13. The SMILES string of the molecule is CCCOc1ccc(-c2cc(C(C(=O)NCCCOP(=O)(O)O)n3cc4nc(-c5cccc(F)c5F)nc-4cn3)on2)c(C(F)(F)F)c1.[Na]. The van der Waals surface area contributed by atoms with Crippen LogP contribution in [0.2, 0.25) is 0 Å². The number of hydrogen-bond donors (Lipinski definition) is 3. The van der Waals surface area contributed by atoms with Gasteiger partial charge in [-0.2, -0.15) is 18.3 Å². The van der Waals surface area contributed by atoms with Crippen molar-refractivity contribution < 1.29 is 54.9 Å². The van der Waals surface area contributed by atoms with Gasteiger partial charge in [-0.05, 0) is 43.2 Å². The van der Waals surface area contributed by atoms with Crippen molar-refractivity contribution in [3.8, 4) is 39.8 Å². The first-order valence-electron chi connectivity index (χ1n) is 14.2. The van der Waals surface area contributed by atoms with E-state index in [0.717, 1.165) is 28.9 Å². The topological polar surface area (TPSA) is 175 Å². The van der Waals surface area contributed by atoms with Crippen LogP contribution in [0.15, 0.2) is 59.4 Å². The van der Waals surface area contributed by atoms with E-state index in [9.17, 15) is 31.3 Å².